The summed E-state index contributed by atoms with van der Waals surface area (Å²) in [6.45, 7) is 1.91. The summed E-state index contributed by atoms with van der Waals surface area (Å²) in [4.78, 5) is 30.4. The Kier molecular flexibility index (Phi) is 4.14. The summed E-state index contributed by atoms with van der Waals surface area (Å²) in [5.41, 5.74) is 1.65. The summed E-state index contributed by atoms with van der Waals surface area (Å²) in [6, 6.07) is 6.45. The van der Waals surface area contributed by atoms with Gasteiger partial charge in [-0.3, -0.25) is 4.79 Å². The van der Waals surface area contributed by atoms with Gasteiger partial charge in [-0.1, -0.05) is 29.8 Å². The maximum absolute atomic E-state index is 12.0. The molecule has 1 aromatic heterocycles. The molecule has 0 spiro atoms. The number of hydrogen-bond donors (Lipinski definition) is 2. The van der Waals surface area contributed by atoms with Gasteiger partial charge in [-0.05, 0) is 12.5 Å². The van der Waals surface area contributed by atoms with E-state index in [0.717, 1.165) is 5.56 Å². The fraction of sp³-hybridized carbons (Fsp3) is 0.214. The van der Waals surface area contributed by atoms with Crippen molar-refractivity contribution in [1.29, 1.82) is 0 Å². The van der Waals surface area contributed by atoms with Gasteiger partial charge in [0.05, 0.1) is 7.11 Å². The molecule has 0 aliphatic carbocycles. The van der Waals surface area contributed by atoms with Crippen LogP contribution in [0.1, 0.15) is 27.8 Å². The fourth-order valence-electron chi connectivity index (χ4n) is 1.83. The average Bonchev–Trinajstić information content (AvgIpc) is 2.98. The van der Waals surface area contributed by atoms with E-state index >= 15 is 0 Å². The molecule has 2 N–H and O–H groups in total. The molecule has 104 valence electrons. The molecule has 1 atom stereocenters. The van der Waals surface area contributed by atoms with Gasteiger partial charge in [0, 0.05) is 12.4 Å². The van der Waals surface area contributed by atoms with Crippen molar-refractivity contribution in [2.75, 3.05) is 7.11 Å². The number of nitrogens with zero attached hydrogens (tertiary/aromatic N) is 1. The molecule has 0 radical (unpaired) electrons. The molecule has 0 saturated carbocycles. The Morgan fingerprint density at radius 3 is 2.80 bits per heavy atom. The number of aromatic amines is 1. The van der Waals surface area contributed by atoms with E-state index < -0.39 is 17.9 Å². The molecular formula is C14H15N3O3. The third-order valence-corrected chi connectivity index (χ3v) is 2.80. The van der Waals surface area contributed by atoms with Crippen LogP contribution < -0.4 is 5.32 Å². The second kappa shape index (κ2) is 6.01. The molecule has 0 bridgehead atoms. The number of H-pyrrole nitrogens is 1. The van der Waals surface area contributed by atoms with E-state index in [9.17, 15) is 9.59 Å². The molecule has 1 aromatic carbocycles. The van der Waals surface area contributed by atoms with Gasteiger partial charge in [-0.15, -0.1) is 0 Å². The van der Waals surface area contributed by atoms with E-state index in [4.69, 9.17) is 4.74 Å². The maximum Gasteiger partial charge on any atom is 0.333 e. The number of esters is 1. The van der Waals surface area contributed by atoms with Crippen LogP contribution in [0.2, 0.25) is 0 Å². The predicted octanol–water partition coefficient (Wildman–Crippen LogP) is 1.36. The second-order valence-corrected chi connectivity index (χ2v) is 4.28. The number of aromatic nitrogens is 2. The lowest BCUT2D eigenvalue weighted by Crippen LogP contribution is -2.35. The molecule has 0 fully saturated rings. The Labute approximate surface area is 116 Å². The van der Waals surface area contributed by atoms with Crippen molar-refractivity contribution in [2.45, 2.75) is 13.0 Å². The lowest BCUT2D eigenvalue weighted by molar-refractivity contribution is -0.143. The third-order valence-electron chi connectivity index (χ3n) is 2.80. The number of imidazole rings is 1. The predicted molar refractivity (Wildman–Crippen MR) is 72.0 cm³/mol. The van der Waals surface area contributed by atoms with Crippen LogP contribution in [-0.4, -0.2) is 29.0 Å². The van der Waals surface area contributed by atoms with Gasteiger partial charge >= 0.3 is 5.97 Å². The zero-order chi connectivity index (χ0) is 14.5. The van der Waals surface area contributed by atoms with Crippen molar-refractivity contribution < 1.29 is 14.3 Å². The quantitative estimate of drug-likeness (QED) is 0.824. The lowest BCUT2D eigenvalue weighted by Gasteiger charge is -2.16. The zero-order valence-electron chi connectivity index (χ0n) is 11.2. The Balaban J connectivity index is 2.25. The van der Waals surface area contributed by atoms with Crippen LogP contribution in [0, 0.1) is 6.92 Å². The fourth-order valence-corrected chi connectivity index (χ4v) is 1.83. The maximum atomic E-state index is 12.0. The van der Waals surface area contributed by atoms with Crippen molar-refractivity contribution in [1.82, 2.24) is 15.3 Å². The summed E-state index contributed by atoms with van der Waals surface area (Å²) in [7, 11) is 1.28. The highest BCUT2D eigenvalue weighted by Gasteiger charge is 2.24. The number of methoxy groups -OCH3 is 1. The van der Waals surface area contributed by atoms with Crippen molar-refractivity contribution in [2.24, 2.45) is 0 Å². The van der Waals surface area contributed by atoms with Crippen molar-refractivity contribution in [3.05, 3.63) is 53.6 Å². The highest BCUT2D eigenvalue weighted by molar-refractivity contribution is 5.94. The highest BCUT2D eigenvalue weighted by Crippen LogP contribution is 2.16. The molecular weight excluding hydrogens is 258 g/mol. The minimum atomic E-state index is -0.863. The molecule has 20 heavy (non-hydrogen) atoms. The van der Waals surface area contributed by atoms with Gasteiger partial charge in [0.25, 0.3) is 5.91 Å². The zero-order valence-corrected chi connectivity index (χ0v) is 11.2. The van der Waals surface area contributed by atoms with Crippen LogP contribution in [0.3, 0.4) is 0 Å². The normalized spacial score (nSPS) is 11.7. The Morgan fingerprint density at radius 1 is 1.40 bits per heavy atom. The molecule has 0 saturated heterocycles. The number of nitrogens with one attached hydrogen (secondary N) is 2. The number of rotatable bonds is 4. The molecule has 6 nitrogen and oxygen atoms in total. The topological polar surface area (TPSA) is 84.1 Å². The van der Waals surface area contributed by atoms with Crippen LogP contribution in [0.5, 0.6) is 0 Å². The molecule has 0 unspecified atom stereocenters. The van der Waals surface area contributed by atoms with Crippen molar-refractivity contribution >= 4 is 11.9 Å². The highest BCUT2D eigenvalue weighted by atomic mass is 16.5. The largest absolute Gasteiger partial charge is 0.467 e. The minimum Gasteiger partial charge on any atom is -0.467 e. The van der Waals surface area contributed by atoms with Gasteiger partial charge in [0.1, 0.15) is 0 Å². The summed E-state index contributed by atoms with van der Waals surface area (Å²) >= 11 is 0. The Bertz CT molecular complexity index is 608. The molecule has 1 amide bonds. The molecule has 0 aliphatic heterocycles. The number of carbonyl (C=O) groups excluding carboxylic acids is 2. The number of hydrogen-bond acceptors (Lipinski definition) is 4. The summed E-state index contributed by atoms with van der Waals surface area (Å²) in [5.74, 6) is -0.853. The molecule has 1 heterocycles. The van der Waals surface area contributed by atoms with Crippen molar-refractivity contribution in [3.63, 3.8) is 0 Å². The molecule has 2 rings (SSSR count). The molecule has 0 aliphatic rings. The first-order chi connectivity index (χ1) is 9.61. The summed E-state index contributed by atoms with van der Waals surface area (Å²) < 4.78 is 4.74. The summed E-state index contributed by atoms with van der Waals surface area (Å²) in [6.07, 6.45) is 3.00. The number of amides is 1. The van der Waals surface area contributed by atoms with E-state index in [1.165, 1.54) is 19.5 Å². The first-order valence-corrected chi connectivity index (χ1v) is 6.06. The number of aryl methyl sites for hydroxylation is 1. The Hall–Kier alpha value is -2.63. The number of benzene rings is 1. The SMILES string of the molecule is COC(=O)[C@@H](NC(=O)c1ncc[nH]1)c1cccc(C)c1. The smallest absolute Gasteiger partial charge is 0.333 e. The van der Waals surface area contributed by atoms with Crippen LogP contribution in [-0.2, 0) is 9.53 Å². The van der Waals surface area contributed by atoms with Gasteiger partial charge in [-0.25, -0.2) is 9.78 Å². The molecule has 6 heteroatoms. The van der Waals surface area contributed by atoms with Crippen LogP contribution >= 0.6 is 0 Å². The van der Waals surface area contributed by atoms with E-state index in [1.54, 1.807) is 6.07 Å². The van der Waals surface area contributed by atoms with Gasteiger partial charge in [0.2, 0.25) is 0 Å². The first kappa shape index (κ1) is 13.8. The standard InChI is InChI=1S/C14H15N3O3/c1-9-4-3-5-10(8-9)11(14(19)20-2)17-13(18)12-15-6-7-16-12/h3-8,11H,1-2H3,(H,15,16)(H,17,18)/t11-/m0/s1. The average molecular weight is 273 g/mol. The monoisotopic (exact) mass is 273 g/mol. The van der Waals surface area contributed by atoms with E-state index in [-0.39, 0.29) is 5.82 Å². The van der Waals surface area contributed by atoms with Crippen LogP contribution in [0.15, 0.2) is 36.7 Å². The van der Waals surface area contributed by atoms with Gasteiger partial charge in [0.15, 0.2) is 11.9 Å². The van der Waals surface area contributed by atoms with Gasteiger partial charge < -0.3 is 15.0 Å². The minimum absolute atomic E-state index is 0.145. The van der Waals surface area contributed by atoms with Gasteiger partial charge in [-0.2, -0.15) is 0 Å². The lowest BCUT2D eigenvalue weighted by atomic mass is 10.0. The Morgan fingerprint density at radius 2 is 2.20 bits per heavy atom. The number of ether oxygens (including phenoxy) is 1. The summed E-state index contributed by atoms with van der Waals surface area (Å²) in [5, 5.41) is 2.61. The van der Waals surface area contributed by atoms with Crippen LogP contribution in [0.4, 0.5) is 0 Å². The van der Waals surface area contributed by atoms with E-state index in [0.29, 0.717) is 5.56 Å². The van der Waals surface area contributed by atoms with Crippen molar-refractivity contribution in [3.8, 4) is 0 Å². The third kappa shape index (κ3) is 3.03. The first-order valence-electron chi connectivity index (χ1n) is 6.06. The number of carbonyl (C=O) groups is 2. The second-order valence-electron chi connectivity index (χ2n) is 4.28. The van der Waals surface area contributed by atoms with E-state index in [1.807, 2.05) is 25.1 Å². The van der Waals surface area contributed by atoms with Crippen LogP contribution in [0.25, 0.3) is 0 Å². The molecule has 2 aromatic rings. The van der Waals surface area contributed by atoms with E-state index in [2.05, 4.69) is 15.3 Å².